The first-order valence-electron chi connectivity index (χ1n) is 11.6. The van der Waals surface area contributed by atoms with Gasteiger partial charge in [0.1, 0.15) is 18.4 Å². The highest BCUT2D eigenvalue weighted by atomic mass is 15.1. The van der Waals surface area contributed by atoms with Crippen LogP contribution in [0.15, 0.2) is 18.7 Å². The first-order chi connectivity index (χ1) is 12.6. The second kappa shape index (κ2) is 14.3. The lowest BCUT2D eigenvalue weighted by Crippen LogP contribution is -2.31. The van der Waals surface area contributed by atoms with Gasteiger partial charge in [0.05, 0.1) is 6.54 Å². The summed E-state index contributed by atoms with van der Waals surface area (Å²) in [6.07, 6.45) is 23.3. The van der Waals surface area contributed by atoms with E-state index in [0.29, 0.717) is 6.04 Å². The molecule has 0 fully saturated rings. The minimum absolute atomic E-state index is 0.697. The molecule has 0 radical (unpaired) electrons. The van der Waals surface area contributed by atoms with Gasteiger partial charge in [-0.25, -0.2) is 9.13 Å². The molecule has 0 aliphatic heterocycles. The number of imidazole rings is 1. The Labute approximate surface area is 164 Å². The fourth-order valence-corrected chi connectivity index (χ4v) is 3.84. The molecule has 0 bridgehead atoms. The molecule has 0 saturated carbocycles. The lowest BCUT2D eigenvalue weighted by atomic mass is 9.93. The van der Waals surface area contributed by atoms with Crippen LogP contribution in [0.3, 0.4) is 0 Å². The van der Waals surface area contributed by atoms with Gasteiger partial charge in [0.15, 0.2) is 0 Å². The number of unbranched alkanes of at least 4 members (excludes halogenated alkanes) is 4. The number of aromatic nitrogens is 2. The molecule has 1 heterocycles. The van der Waals surface area contributed by atoms with E-state index in [4.69, 9.17) is 0 Å². The van der Waals surface area contributed by atoms with Gasteiger partial charge >= 0.3 is 0 Å². The Hall–Kier alpha value is -0.790. The summed E-state index contributed by atoms with van der Waals surface area (Å²) in [7, 11) is 0. The van der Waals surface area contributed by atoms with E-state index in [2.05, 4.69) is 62.5 Å². The van der Waals surface area contributed by atoms with E-state index >= 15 is 0 Å². The summed E-state index contributed by atoms with van der Waals surface area (Å²) < 4.78 is 4.90. The molecule has 2 nitrogen and oxygen atoms in total. The average Bonchev–Trinajstić information content (AvgIpc) is 3.07. The topological polar surface area (TPSA) is 8.81 Å². The number of aryl methyl sites for hydroxylation is 1. The quantitative estimate of drug-likeness (QED) is 0.215. The first-order valence-corrected chi connectivity index (χ1v) is 11.6. The molecule has 0 aliphatic rings. The maximum absolute atomic E-state index is 2.52. The van der Waals surface area contributed by atoms with Crippen molar-refractivity contribution < 1.29 is 4.57 Å². The molecule has 0 amide bonds. The van der Waals surface area contributed by atoms with Gasteiger partial charge in [-0.05, 0) is 43.9 Å². The predicted molar refractivity (Wildman–Crippen MR) is 114 cm³/mol. The van der Waals surface area contributed by atoms with Gasteiger partial charge < -0.3 is 0 Å². The summed E-state index contributed by atoms with van der Waals surface area (Å²) in [6, 6.07) is 0.697. The molecule has 2 unspecified atom stereocenters. The normalized spacial score (nSPS) is 14.1. The molecule has 0 spiro atoms. The summed E-state index contributed by atoms with van der Waals surface area (Å²) in [6.45, 7) is 12.9. The van der Waals surface area contributed by atoms with Crippen LogP contribution in [0.2, 0.25) is 0 Å². The van der Waals surface area contributed by atoms with Crippen LogP contribution in [-0.2, 0) is 6.54 Å². The van der Waals surface area contributed by atoms with Gasteiger partial charge in [-0.2, -0.15) is 0 Å². The van der Waals surface area contributed by atoms with Crippen LogP contribution >= 0.6 is 0 Å². The Balaban J connectivity index is 2.50. The van der Waals surface area contributed by atoms with Crippen molar-refractivity contribution >= 4 is 0 Å². The molecule has 2 heteroatoms. The van der Waals surface area contributed by atoms with E-state index in [1.54, 1.807) is 0 Å². The Bertz CT molecular complexity index is 435. The second-order valence-corrected chi connectivity index (χ2v) is 8.96. The average molecular weight is 364 g/mol. The molecule has 0 saturated heterocycles. The van der Waals surface area contributed by atoms with Gasteiger partial charge in [0, 0.05) is 0 Å². The molecule has 26 heavy (non-hydrogen) atoms. The third kappa shape index (κ3) is 10.4. The Morgan fingerprint density at radius 2 is 1.54 bits per heavy atom. The lowest BCUT2D eigenvalue weighted by Gasteiger charge is -2.17. The third-order valence-corrected chi connectivity index (χ3v) is 5.77. The number of rotatable bonds is 16. The monoisotopic (exact) mass is 363 g/mol. The molecule has 1 aromatic heterocycles. The highest BCUT2D eigenvalue weighted by Crippen LogP contribution is 2.25. The van der Waals surface area contributed by atoms with E-state index in [1.807, 2.05) is 0 Å². The smallest absolute Gasteiger partial charge is 0.237 e. The zero-order valence-corrected chi connectivity index (χ0v) is 18.6. The number of hydrogen-bond donors (Lipinski definition) is 0. The maximum Gasteiger partial charge on any atom is 0.243 e. The van der Waals surface area contributed by atoms with Crippen molar-refractivity contribution in [3.8, 4) is 0 Å². The molecule has 1 rings (SSSR count). The van der Waals surface area contributed by atoms with Gasteiger partial charge in [0.2, 0.25) is 6.33 Å². The van der Waals surface area contributed by atoms with Crippen LogP contribution in [0.4, 0.5) is 0 Å². The van der Waals surface area contributed by atoms with Crippen LogP contribution in [0.5, 0.6) is 0 Å². The molecule has 2 atom stereocenters. The largest absolute Gasteiger partial charge is 0.243 e. The van der Waals surface area contributed by atoms with Crippen molar-refractivity contribution in [3.05, 3.63) is 18.7 Å². The van der Waals surface area contributed by atoms with Crippen molar-refractivity contribution in [2.45, 2.75) is 124 Å². The van der Waals surface area contributed by atoms with E-state index in [0.717, 1.165) is 18.4 Å². The molecule has 1 aromatic rings. The van der Waals surface area contributed by atoms with Crippen LogP contribution < -0.4 is 4.57 Å². The third-order valence-electron chi connectivity index (χ3n) is 5.77. The SMILES string of the molecule is CCCCCCC(CCC(C)CCCC(C)C)n1cc[n+](CCCC)c1. The highest BCUT2D eigenvalue weighted by Gasteiger charge is 2.18. The number of hydrogen-bond acceptors (Lipinski definition) is 0. The standard InChI is InChI=1S/C24H47N2/c1-6-8-10-11-15-24(17-16-23(5)14-12-13-22(3)4)26-20-19-25(21-26)18-9-7-2/h19-24H,6-18H2,1-5H3/q+1. The molecular weight excluding hydrogens is 316 g/mol. The summed E-state index contributed by atoms with van der Waals surface area (Å²) >= 11 is 0. The Morgan fingerprint density at radius 3 is 2.23 bits per heavy atom. The van der Waals surface area contributed by atoms with Crippen LogP contribution in [-0.4, -0.2) is 4.57 Å². The van der Waals surface area contributed by atoms with Gasteiger partial charge in [0.25, 0.3) is 0 Å². The van der Waals surface area contributed by atoms with E-state index in [-0.39, 0.29) is 0 Å². The summed E-state index contributed by atoms with van der Waals surface area (Å²) in [5, 5.41) is 0. The lowest BCUT2D eigenvalue weighted by molar-refractivity contribution is -0.697. The second-order valence-electron chi connectivity index (χ2n) is 8.96. The molecular formula is C24H47N2+. The highest BCUT2D eigenvalue weighted by molar-refractivity contribution is 4.76. The maximum atomic E-state index is 2.52. The van der Waals surface area contributed by atoms with E-state index in [9.17, 15) is 0 Å². The zero-order chi connectivity index (χ0) is 19.2. The molecule has 0 aliphatic carbocycles. The Morgan fingerprint density at radius 1 is 0.769 bits per heavy atom. The minimum atomic E-state index is 0.697. The summed E-state index contributed by atoms with van der Waals surface area (Å²) in [5.74, 6) is 1.72. The van der Waals surface area contributed by atoms with Crippen LogP contribution in [0.25, 0.3) is 0 Å². The van der Waals surface area contributed by atoms with Crippen molar-refractivity contribution in [2.24, 2.45) is 11.8 Å². The number of nitrogens with zero attached hydrogens (tertiary/aromatic N) is 2. The molecule has 0 aromatic carbocycles. The summed E-state index contributed by atoms with van der Waals surface area (Å²) in [4.78, 5) is 0. The van der Waals surface area contributed by atoms with Gasteiger partial charge in [-0.3, -0.25) is 0 Å². The van der Waals surface area contributed by atoms with Crippen LogP contribution in [0, 0.1) is 11.8 Å². The first kappa shape index (κ1) is 23.2. The fraction of sp³-hybridized carbons (Fsp3) is 0.875. The van der Waals surface area contributed by atoms with Crippen molar-refractivity contribution in [2.75, 3.05) is 0 Å². The minimum Gasteiger partial charge on any atom is -0.237 e. The van der Waals surface area contributed by atoms with E-state index in [1.165, 1.54) is 77.0 Å². The summed E-state index contributed by atoms with van der Waals surface area (Å²) in [5.41, 5.74) is 0. The zero-order valence-electron chi connectivity index (χ0n) is 18.6. The van der Waals surface area contributed by atoms with Gasteiger partial charge in [-0.1, -0.05) is 79.6 Å². The predicted octanol–water partition coefficient (Wildman–Crippen LogP) is 7.33. The van der Waals surface area contributed by atoms with Crippen molar-refractivity contribution in [3.63, 3.8) is 0 Å². The molecule has 0 N–H and O–H groups in total. The van der Waals surface area contributed by atoms with Crippen molar-refractivity contribution in [1.82, 2.24) is 4.57 Å². The fourth-order valence-electron chi connectivity index (χ4n) is 3.84. The van der Waals surface area contributed by atoms with Crippen molar-refractivity contribution in [1.29, 1.82) is 0 Å². The van der Waals surface area contributed by atoms with Crippen LogP contribution in [0.1, 0.15) is 118 Å². The van der Waals surface area contributed by atoms with E-state index < -0.39 is 0 Å². The van der Waals surface area contributed by atoms with Gasteiger partial charge in [-0.15, -0.1) is 0 Å². The molecule has 152 valence electrons. The Kier molecular flexibility index (Phi) is 12.8.